The average Bonchev–Trinajstić information content (AvgIpc) is 3.01. The number of hydrogen-bond donors (Lipinski definition) is 1. The van der Waals surface area contributed by atoms with Crippen molar-refractivity contribution in [2.24, 2.45) is 0 Å². The zero-order chi connectivity index (χ0) is 33.2. The van der Waals surface area contributed by atoms with Crippen LogP contribution in [0.3, 0.4) is 0 Å². The van der Waals surface area contributed by atoms with E-state index in [-0.39, 0.29) is 46.6 Å². The second kappa shape index (κ2) is 12.7. The molecule has 0 atom stereocenters. The van der Waals surface area contributed by atoms with Gasteiger partial charge in [-0.3, -0.25) is 19.1 Å². The summed E-state index contributed by atoms with van der Waals surface area (Å²) in [6.07, 6.45) is -1.46. The van der Waals surface area contributed by atoms with Crippen LogP contribution >= 0.6 is 0 Å². The van der Waals surface area contributed by atoms with Crippen molar-refractivity contribution >= 4 is 22.6 Å². The maximum absolute atomic E-state index is 15.1. The van der Waals surface area contributed by atoms with Gasteiger partial charge in [0.1, 0.15) is 16.8 Å². The van der Waals surface area contributed by atoms with Crippen LogP contribution in [0.5, 0.6) is 29.1 Å². The number of hydrogen-bond acceptors (Lipinski definition) is 10. The Morgan fingerprint density at radius 3 is 2.41 bits per heavy atom. The van der Waals surface area contributed by atoms with Crippen molar-refractivity contribution in [1.29, 1.82) is 0 Å². The number of methoxy groups -OCH3 is 2. The number of carbonyl (C=O) groups excluding carboxylic acids is 1. The number of fused-ring (bicyclic) bond motifs is 1. The molecule has 0 saturated carbocycles. The summed E-state index contributed by atoms with van der Waals surface area (Å²) in [7, 11) is 2.82. The van der Waals surface area contributed by atoms with Crippen molar-refractivity contribution in [1.82, 2.24) is 24.5 Å². The standard InChI is InChI=1S/C30H24F4N6O6/c1-5-45-24-10-15(2)20(14-36-24)40-23(30(32,33)34)7-6-17(29(40)42)26(41)38-16-11-18(31)27(37-13-16)46-21-8-9-35-19-12-22(43-3)28(44-4)39-25(19)21/h6-14H,5H2,1-4H3,(H,38,41). The van der Waals surface area contributed by atoms with Crippen molar-refractivity contribution in [3.63, 3.8) is 0 Å². The third-order valence-electron chi connectivity index (χ3n) is 6.50. The largest absolute Gasteiger partial charge is 0.491 e. The Bertz CT molecular complexity index is 2020. The lowest BCUT2D eigenvalue weighted by molar-refractivity contribution is -0.142. The fourth-order valence-corrected chi connectivity index (χ4v) is 4.41. The van der Waals surface area contributed by atoms with Crippen LogP contribution in [-0.2, 0) is 6.18 Å². The van der Waals surface area contributed by atoms with E-state index in [4.69, 9.17) is 18.9 Å². The molecule has 12 nitrogen and oxygen atoms in total. The molecule has 0 spiro atoms. The van der Waals surface area contributed by atoms with E-state index in [1.807, 2.05) is 0 Å². The predicted octanol–water partition coefficient (Wildman–Crippen LogP) is 5.50. The summed E-state index contributed by atoms with van der Waals surface area (Å²) in [5.41, 5.74) is -2.86. The maximum atomic E-state index is 15.1. The summed E-state index contributed by atoms with van der Waals surface area (Å²) in [5, 5.41) is 2.29. The van der Waals surface area contributed by atoms with Gasteiger partial charge in [0.15, 0.2) is 17.3 Å². The van der Waals surface area contributed by atoms with Crippen LogP contribution in [0.25, 0.3) is 16.7 Å². The summed E-state index contributed by atoms with van der Waals surface area (Å²) >= 11 is 0. The molecule has 1 amide bonds. The minimum absolute atomic E-state index is 0.0820. The number of anilines is 1. The van der Waals surface area contributed by atoms with Gasteiger partial charge < -0.3 is 24.3 Å². The molecule has 0 aliphatic rings. The van der Waals surface area contributed by atoms with E-state index in [2.05, 4.69) is 25.3 Å². The molecule has 0 radical (unpaired) electrons. The molecular formula is C30H24F4N6O6. The van der Waals surface area contributed by atoms with Gasteiger partial charge in [0, 0.05) is 30.5 Å². The molecule has 5 aromatic rings. The van der Waals surface area contributed by atoms with E-state index in [9.17, 15) is 22.8 Å². The lowest BCUT2D eigenvalue weighted by atomic mass is 10.1. The average molecular weight is 641 g/mol. The summed E-state index contributed by atoms with van der Waals surface area (Å²) in [6.45, 7) is 3.44. The third-order valence-corrected chi connectivity index (χ3v) is 6.50. The summed E-state index contributed by atoms with van der Waals surface area (Å²) in [6, 6.07) is 6.55. The lowest BCUT2D eigenvalue weighted by Gasteiger charge is -2.18. The van der Waals surface area contributed by atoms with Gasteiger partial charge in [0.2, 0.25) is 5.88 Å². The third kappa shape index (κ3) is 6.22. The first-order chi connectivity index (χ1) is 21.9. The number of ether oxygens (including phenoxy) is 4. The fourth-order valence-electron chi connectivity index (χ4n) is 4.41. The van der Waals surface area contributed by atoms with Crippen molar-refractivity contribution in [3.8, 4) is 34.8 Å². The molecule has 0 bridgehead atoms. The number of nitrogens with zero attached hydrogens (tertiary/aromatic N) is 5. The molecule has 0 aliphatic heterocycles. The Kier molecular flexibility index (Phi) is 8.71. The Balaban J connectivity index is 1.44. The van der Waals surface area contributed by atoms with E-state index in [0.29, 0.717) is 21.9 Å². The van der Waals surface area contributed by atoms with E-state index in [1.165, 1.54) is 39.5 Å². The molecule has 0 unspecified atom stereocenters. The van der Waals surface area contributed by atoms with Gasteiger partial charge in [-0.2, -0.15) is 13.2 Å². The van der Waals surface area contributed by atoms with Crippen LogP contribution in [0.2, 0.25) is 0 Å². The SMILES string of the molecule is CCOc1cc(C)c(-n2c(C(F)(F)F)ccc(C(=O)Nc3cnc(Oc4ccnc5cc(OC)c(OC)nc45)c(F)c3)c2=O)cn1. The zero-order valence-electron chi connectivity index (χ0n) is 24.6. The second-order valence-electron chi connectivity index (χ2n) is 9.46. The highest BCUT2D eigenvalue weighted by molar-refractivity contribution is 6.04. The van der Waals surface area contributed by atoms with E-state index in [1.54, 1.807) is 13.0 Å². The van der Waals surface area contributed by atoms with Crippen molar-refractivity contribution in [2.45, 2.75) is 20.0 Å². The molecule has 238 valence electrons. The van der Waals surface area contributed by atoms with E-state index >= 15 is 4.39 Å². The van der Waals surface area contributed by atoms with Gasteiger partial charge in [-0.15, -0.1) is 0 Å². The summed E-state index contributed by atoms with van der Waals surface area (Å²) < 4.78 is 78.6. The van der Waals surface area contributed by atoms with Crippen LogP contribution in [0.15, 0.2) is 59.8 Å². The molecule has 5 aromatic heterocycles. The Morgan fingerprint density at radius 2 is 1.76 bits per heavy atom. The van der Waals surface area contributed by atoms with E-state index in [0.717, 1.165) is 24.5 Å². The highest BCUT2D eigenvalue weighted by Crippen LogP contribution is 2.35. The van der Waals surface area contributed by atoms with Gasteiger partial charge in [-0.1, -0.05) is 0 Å². The first-order valence-corrected chi connectivity index (χ1v) is 13.4. The number of nitrogens with one attached hydrogen (secondary N) is 1. The molecule has 0 saturated heterocycles. The number of aryl methyl sites for hydroxylation is 1. The van der Waals surface area contributed by atoms with Crippen molar-refractivity contribution in [3.05, 3.63) is 88.0 Å². The van der Waals surface area contributed by atoms with Gasteiger partial charge in [0.05, 0.1) is 50.1 Å². The molecule has 16 heteroatoms. The quantitative estimate of drug-likeness (QED) is 0.206. The van der Waals surface area contributed by atoms with Crippen molar-refractivity contribution < 1.29 is 41.3 Å². The van der Waals surface area contributed by atoms with E-state index < -0.39 is 40.6 Å². The number of aromatic nitrogens is 5. The zero-order valence-corrected chi connectivity index (χ0v) is 24.6. The number of amides is 1. The van der Waals surface area contributed by atoms with Crippen LogP contribution in [-0.4, -0.2) is 51.2 Å². The minimum atomic E-state index is -4.95. The highest BCUT2D eigenvalue weighted by atomic mass is 19.4. The highest BCUT2D eigenvalue weighted by Gasteiger charge is 2.36. The minimum Gasteiger partial charge on any atom is -0.491 e. The van der Waals surface area contributed by atoms with Gasteiger partial charge in [0.25, 0.3) is 23.2 Å². The first kappa shape index (κ1) is 31.6. The topological polar surface area (TPSA) is 140 Å². The second-order valence-corrected chi connectivity index (χ2v) is 9.46. The summed E-state index contributed by atoms with van der Waals surface area (Å²) in [4.78, 5) is 42.8. The predicted molar refractivity (Wildman–Crippen MR) is 156 cm³/mol. The monoisotopic (exact) mass is 640 g/mol. The normalized spacial score (nSPS) is 11.3. The summed E-state index contributed by atoms with van der Waals surface area (Å²) in [5.74, 6) is -1.93. The van der Waals surface area contributed by atoms with Crippen LogP contribution in [0.1, 0.15) is 28.5 Å². The fraction of sp³-hybridized carbons (Fsp3) is 0.200. The van der Waals surface area contributed by atoms with Crippen LogP contribution < -0.4 is 29.8 Å². The van der Waals surface area contributed by atoms with Crippen LogP contribution in [0.4, 0.5) is 23.2 Å². The lowest BCUT2D eigenvalue weighted by Crippen LogP contribution is -2.33. The smallest absolute Gasteiger partial charge is 0.431 e. The Labute approximate surface area is 257 Å². The molecule has 0 fully saturated rings. The molecule has 5 heterocycles. The Morgan fingerprint density at radius 1 is 0.978 bits per heavy atom. The number of pyridine rings is 5. The number of alkyl halides is 3. The van der Waals surface area contributed by atoms with Gasteiger partial charge in [-0.05, 0) is 31.5 Å². The number of halogens is 4. The molecule has 0 aromatic carbocycles. The molecule has 5 rings (SSSR count). The van der Waals surface area contributed by atoms with Crippen molar-refractivity contribution in [2.75, 3.05) is 26.1 Å². The number of carbonyl (C=O) groups is 1. The molecule has 0 aliphatic carbocycles. The molecular weight excluding hydrogens is 616 g/mol. The Hall–Kier alpha value is -5.80. The molecule has 46 heavy (non-hydrogen) atoms. The van der Waals surface area contributed by atoms with Gasteiger partial charge in [-0.25, -0.2) is 19.3 Å². The number of rotatable bonds is 9. The van der Waals surface area contributed by atoms with Gasteiger partial charge >= 0.3 is 6.18 Å². The maximum Gasteiger partial charge on any atom is 0.431 e. The van der Waals surface area contributed by atoms with Crippen LogP contribution in [0, 0.1) is 12.7 Å². The first-order valence-electron chi connectivity index (χ1n) is 13.4. The molecule has 1 N–H and O–H groups in total.